The lowest BCUT2D eigenvalue weighted by atomic mass is 9.99. The highest BCUT2D eigenvalue weighted by molar-refractivity contribution is 7.79. The number of aromatic nitrogens is 1. The first kappa shape index (κ1) is 43.5. The number of benzene rings is 2. The van der Waals surface area contributed by atoms with Crippen LogP contribution in [-0.4, -0.2) is 108 Å². The Morgan fingerprint density at radius 3 is 2.43 bits per heavy atom. The number of imide groups is 1. The quantitative estimate of drug-likeness (QED) is 0.145. The van der Waals surface area contributed by atoms with E-state index in [2.05, 4.69) is 30.7 Å². The van der Waals surface area contributed by atoms with E-state index >= 15 is 0 Å². The van der Waals surface area contributed by atoms with Crippen molar-refractivity contribution in [2.75, 3.05) is 73.4 Å². The molecule has 2 aliphatic heterocycles. The highest BCUT2D eigenvalue weighted by atomic mass is 32.1. The number of nitriles is 1. The molecule has 5 rings (SSSR count). The molecule has 4 amide bonds. The van der Waals surface area contributed by atoms with Crippen LogP contribution in [0.15, 0.2) is 54.7 Å². The number of anilines is 4. The Bertz CT molecular complexity index is 2070. The average molecular weight is 822 g/mol. The number of halogens is 3. The third kappa shape index (κ3) is 10.6. The predicted octanol–water partition coefficient (Wildman–Crippen LogP) is 4.59. The molecular formula is C40H46F3N9O5S. The van der Waals surface area contributed by atoms with E-state index in [1.165, 1.54) is 18.6 Å². The van der Waals surface area contributed by atoms with Gasteiger partial charge in [0, 0.05) is 63.3 Å². The van der Waals surface area contributed by atoms with Crippen LogP contribution in [0.3, 0.4) is 0 Å². The number of ether oxygens (including phenoxy) is 1. The molecule has 0 radical (unpaired) electrons. The number of nitrogens with one attached hydrogen (secondary N) is 3. The molecule has 2 aromatic carbocycles. The molecule has 2 fully saturated rings. The third-order valence-electron chi connectivity index (χ3n) is 10.1. The number of pyridine rings is 1. The molecule has 58 heavy (non-hydrogen) atoms. The summed E-state index contributed by atoms with van der Waals surface area (Å²) in [5.41, 5.74) is 0.580. The lowest BCUT2D eigenvalue weighted by Crippen LogP contribution is -2.55. The van der Waals surface area contributed by atoms with E-state index in [0.29, 0.717) is 61.9 Å². The molecule has 0 bridgehead atoms. The lowest BCUT2D eigenvalue weighted by Gasteiger charge is -2.38. The zero-order valence-corrected chi connectivity index (χ0v) is 33.5. The number of hydrogen-bond donors (Lipinski definition) is 3. The maximum absolute atomic E-state index is 13.8. The van der Waals surface area contributed by atoms with E-state index in [9.17, 15) is 32.3 Å². The molecule has 1 aromatic heterocycles. The smallest absolute Gasteiger partial charge is 0.419 e. The molecule has 3 N–H and O–H groups in total. The number of thiocarbonyl (C=S) groups is 1. The molecule has 0 aliphatic carbocycles. The molecule has 0 saturated carbocycles. The van der Waals surface area contributed by atoms with Crippen molar-refractivity contribution < 1.29 is 37.1 Å². The number of piperidine rings is 1. The summed E-state index contributed by atoms with van der Waals surface area (Å²) in [7, 11) is 1.34. The standard InChI is InChI=1S/C40H46F3N9O5S/c1-5-26-19-29(52(25-58)39(2,3)38(56)49(4)30-21-31(40(41,42)43)33(22-44)45-23-30)9-11-34(26)57-18-17-50-13-15-51(16-14-50)24-36(54)47-28-8-6-7-27(20-28)46-32-10-12-35(53)48-37(32)55/h6-9,11,19-21,23,25,32,46H,5,10,12-18,24H2,1-4H3,(H,47,54)(H,48,53,55). The summed E-state index contributed by atoms with van der Waals surface area (Å²) in [4.78, 5) is 60.8. The number of carbonyl (C=O) groups is 4. The summed E-state index contributed by atoms with van der Waals surface area (Å²) in [5.74, 6) is -0.688. The SMILES string of the molecule is CCc1cc(N(C=S)C(C)(C)C(=O)N(C)c2cnc(C#N)c(C(F)(F)F)c2)ccc1OCCN1CCN(CC(=O)Nc2cccc(NC3CCC(=O)NC3=O)c2)CC1. The van der Waals surface area contributed by atoms with Crippen LogP contribution in [0.2, 0.25) is 0 Å². The topological polar surface area (TPSA) is 163 Å². The molecule has 14 nitrogen and oxygen atoms in total. The molecule has 308 valence electrons. The van der Waals surface area contributed by atoms with Gasteiger partial charge >= 0.3 is 6.18 Å². The molecule has 0 spiro atoms. The fraction of sp³-hybridized carbons (Fsp3) is 0.425. The van der Waals surface area contributed by atoms with Crippen LogP contribution in [0.4, 0.5) is 35.9 Å². The molecule has 1 atom stereocenters. The number of aryl methyl sites for hydroxylation is 1. The van der Waals surface area contributed by atoms with Crippen LogP contribution in [0, 0.1) is 11.3 Å². The zero-order chi connectivity index (χ0) is 42.2. The number of piperazine rings is 1. The Morgan fingerprint density at radius 1 is 1.07 bits per heavy atom. The van der Waals surface area contributed by atoms with Crippen LogP contribution >= 0.6 is 12.2 Å². The lowest BCUT2D eigenvalue weighted by molar-refractivity contribution is -0.138. The zero-order valence-electron chi connectivity index (χ0n) is 32.7. The Kier molecular flexibility index (Phi) is 14.1. The minimum Gasteiger partial charge on any atom is -0.492 e. The van der Waals surface area contributed by atoms with Crippen LogP contribution in [0.1, 0.15) is 50.4 Å². The van der Waals surface area contributed by atoms with E-state index in [4.69, 9.17) is 22.2 Å². The average Bonchev–Trinajstić information content (AvgIpc) is 3.19. The minimum atomic E-state index is -4.83. The molecular weight excluding hydrogens is 776 g/mol. The molecule has 3 aromatic rings. The highest BCUT2D eigenvalue weighted by Crippen LogP contribution is 2.35. The van der Waals surface area contributed by atoms with Gasteiger partial charge < -0.3 is 25.2 Å². The van der Waals surface area contributed by atoms with Gasteiger partial charge in [-0.3, -0.25) is 34.3 Å². The van der Waals surface area contributed by atoms with Gasteiger partial charge in [-0.15, -0.1) is 0 Å². The van der Waals surface area contributed by atoms with Gasteiger partial charge in [0.05, 0.1) is 29.5 Å². The van der Waals surface area contributed by atoms with Crippen LogP contribution in [0.25, 0.3) is 0 Å². The van der Waals surface area contributed by atoms with Gasteiger partial charge in [-0.2, -0.15) is 18.4 Å². The molecule has 1 unspecified atom stereocenters. The summed E-state index contributed by atoms with van der Waals surface area (Å²) in [6.45, 7) is 9.40. The number of amides is 4. The van der Waals surface area contributed by atoms with Crippen molar-refractivity contribution in [2.24, 2.45) is 0 Å². The van der Waals surface area contributed by atoms with Gasteiger partial charge in [0.2, 0.25) is 17.7 Å². The van der Waals surface area contributed by atoms with Crippen molar-refractivity contribution in [1.29, 1.82) is 5.26 Å². The van der Waals surface area contributed by atoms with E-state index in [-0.39, 0.29) is 36.4 Å². The van der Waals surface area contributed by atoms with E-state index < -0.39 is 34.9 Å². The number of rotatable bonds is 15. The summed E-state index contributed by atoms with van der Waals surface area (Å²) < 4.78 is 47.0. The summed E-state index contributed by atoms with van der Waals surface area (Å²) in [6, 6.07) is 14.2. The fourth-order valence-electron chi connectivity index (χ4n) is 6.80. The second-order valence-corrected chi connectivity index (χ2v) is 14.7. The van der Waals surface area contributed by atoms with Gasteiger partial charge in [0.25, 0.3) is 5.91 Å². The number of hydrogen-bond acceptors (Lipinski definition) is 11. The first-order valence-corrected chi connectivity index (χ1v) is 19.2. The van der Waals surface area contributed by atoms with Crippen molar-refractivity contribution in [1.82, 2.24) is 20.1 Å². The molecule has 2 aliphatic rings. The Balaban J connectivity index is 1.10. The number of likely N-dealkylation sites (N-methyl/N-ethyl adjacent to an activating group) is 1. The maximum atomic E-state index is 13.8. The number of carbonyl (C=O) groups excluding carboxylic acids is 4. The Labute approximate surface area is 340 Å². The second-order valence-electron chi connectivity index (χ2n) is 14.5. The first-order valence-electron chi connectivity index (χ1n) is 18.7. The van der Waals surface area contributed by atoms with Gasteiger partial charge in [0.15, 0.2) is 5.69 Å². The van der Waals surface area contributed by atoms with E-state index in [0.717, 1.165) is 35.8 Å². The Morgan fingerprint density at radius 2 is 1.78 bits per heavy atom. The van der Waals surface area contributed by atoms with Gasteiger partial charge in [-0.25, -0.2) is 4.98 Å². The van der Waals surface area contributed by atoms with Crippen LogP contribution in [-0.2, 0) is 31.8 Å². The first-order chi connectivity index (χ1) is 27.5. The molecule has 3 heterocycles. The minimum absolute atomic E-state index is 0.125. The Hall–Kier alpha value is -5.64. The molecule has 2 saturated heterocycles. The highest BCUT2D eigenvalue weighted by Gasteiger charge is 2.39. The van der Waals surface area contributed by atoms with Crippen molar-refractivity contribution in [3.63, 3.8) is 0 Å². The van der Waals surface area contributed by atoms with Crippen molar-refractivity contribution in [2.45, 2.75) is 57.8 Å². The van der Waals surface area contributed by atoms with Gasteiger partial charge in [-0.05, 0) is 74.7 Å². The van der Waals surface area contributed by atoms with Gasteiger partial charge in [0.1, 0.15) is 30.0 Å². The van der Waals surface area contributed by atoms with Crippen molar-refractivity contribution >= 4 is 64.1 Å². The van der Waals surface area contributed by atoms with Crippen molar-refractivity contribution in [3.05, 3.63) is 71.5 Å². The van der Waals surface area contributed by atoms with Gasteiger partial charge in [-0.1, -0.05) is 25.2 Å². The van der Waals surface area contributed by atoms with Crippen LogP contribution < -0.4 is 30.5 Å². The van der Waals surface area contributed by atoms with Crippen molar-refractivity contribution in [3.8, 4) is 11.8 Å². The van der Waals surface area contributed by atoms with E-state index in [1.807, 2.05) is 19.1 Å². The molecule has 18 heteroatoms. The number of alkyl halides is 3. The fourth-order valence-corrected chi connectivity index (χ4v) is 7.18. The summed E-state index contributed by atoms with van der Waals surface area (Å²) in [5, 5.41) is 17.5. The van der Waals surface area contributed by atoms with E-state index in [1.54, 1.807) is 49.1 Å². The third-order valence-corrected chi connectivity index (χ3v) is 10.3. The monoisotopic (exact) mass is 821 g/mol. The second kappa shape index (κ2) is 18.7. The summed E-state index contributed by atoms with van der Waals surface area (Å²) >= 11 is 5.33. The predicted molar refractivity (Wildman–Crippen MR) is 217 cm³/mol. The normalized spacial score (nSPS) is 16.5. The number of nitrogens with zero attached hydrogens (tertiary/aromatic N) is 6. The largest absolute Gasteiger partial charge is 0.492 e. The maximum Gasteiger partial charge on any atom is 0.419 e. The summed E-state index contributed by atoms with van der Waals surface area (Å²) in [6.07, 6.45) is -2.50. The van der Waals surface area contributed by atoms with Crippen LogP contribution in [0.5, 0.6) is 5.75 Å².